The van der Waals surface area contributed by atoms with Crippen LogP contribution in [0, 0.1) is 0 Å². The molecule has 6 rings (SSSR count). The van der Waals surface area contributed by atoms with Crippen molar-refractivity contribution in [1.29, 1.82) is 0 Å². The van der Waals surface area contributed by atoms with Gasteiger partial charge in [0.15, 0.2) is 17.6 Å². The van der Waals surface area contributed by atoms with E-state index in [0.29, 0.717) is 27.3 Å². The van der Waals surface area contributed by atoms with Crippen molar-refractivity contribution >= 4 is 55.8 Å². The summed E-state index contributed by atoms with van der Waals surface area (Å²) in [6, 6.07) is 9.15. The number of pyridine rings is 1. The molecule has 1 atom stereocenters. The molecular formula is C27H22ClN5O7S. The molecular weight excluding hydrogens is 574 g/mol. The molecule has 4 heterocycles. The van der Waals surface area contributed by atoms with E-state index in [-0.39, 0.29) is 38.1 Å². The van der Waals surface area contributed by atoms with E-state index in [1.54, 1.807) is 19.4 Å². The normalized spacial score (nSPS) is 14.3. The number of anilines is 1. The molecule has 210 valence electrons. The minimum Gasteiger partial charge on any atom is -0.495 e. The molecule has 0 unspecified atom stereocenters. The number of aromatic nitrogens is 4. The number of amides is 1. The van der Waals surface area contributed by atoms with E-state index in [1.807, 2.05) is 24.3 Å². The monoisotopic (exact) mass is 595 g/mol. The molecule has 0 aliphatic carbocycles. The van der Waals surface area contributed by atoms with Gasteiger partial charge >= 0.3 is 12.1 Å². The molecule has 5 aromatic rings. The quantitative estimate of drug-likeness (QED) is 0.258. The van der Waals surface area contributed by atoms with Crippen molar-refractivity contribution in [2.75, 3.05) is 38.4 Å². The summed E-state index contributed by atoms with van der Waals surface area (Å²) >= 11 is 7.86. The van der Waals surface area contributed by atoms with E-state index >= 15 is 0 Å². The summed E-state index contributed by atoms with van der Waals surface area (Å²) in [5, 5.41) is 20.8. The van der Waals surface area contributed by atoms with Gasteiger partial charge in [-0.3, -0.25) is 9.88 Å². The van der Waals surface area contributed by atoms with E-state index in [9.17, 15) is 9.90 Å². The molecule has 2 N–H and O–H groups in total. The van der Waals surface area contributed by atoms with Crippen LogP contribution in [0.15, 0.2) is 48.9 Å². The van der Waals surface area contributed by atoms with E-state index in [0.717, 1.165) is 31.6 Å². The lowest BCUT2D eigenvalue weighted by molar-refractivity contribution is 0.0961. The Labute approximate surface area is 241 Å². The fourth-order valence-electron chi connectivity index (χ4n) is 4.40. The Bertz CT molecular complexity index is 1750. The number of rotatable bonds is 8. The second kappa shape index (κ2) is 11.2. The van der Waals surface area contributed by atoms with Gasteiger partial charge in [0, 0.05) is 16.0 Å². The molecule has 14 heteroatoms. The second-order valence-corrected chi connectivity index (χ2v) is 10.3. The maximum absolute atomic E-state index is 12.0. The molecule has 3 aromatic heterocycles. The standard InChI is InChI=1S/C27H22ClN5O7S/c1-37-17-7-14-6-15(28)8-19(22(14)29-11-17)25-32-20-2-3-21-23(24(20)41-25)39-13-18(40-21)12-33(27(35)36)16-9-30-26(31-10-16)38-5-4-34/h2-3,6-11,18,34H,4-5,12-13H2,1H3,(H,35,36)/t18-/m1/s1. The van der Waals surface area contributed by atoms with E-state index in [1.165, 1.54) is 23.7 Å². The molecule has 0 spiro atoms. The molecule has 0 saturated carbocycles. The zero-order chi connectivity index (χ0) is 28.5. The summed E-state index contributed by atoms with van der Waals surface area (Å²) in [5.74, 6) is 1.65. The number of hydrogen-bond acceptors (Lipinski definition) is 11. The van der Waals surface area contributed by atoms with Crippen LogP contribution in [0.5, 0.6) is 23.3 Å². The Balaban J connectivity index is 1.26. The molecule has 0 saturated heterocycles. The topological polar surface area (TPSA) is 149 Å². The molecule has 1 aliphatic rings. The zero-order valence-electron chi connectivity index (χ0n) is 21.5. The average molecular weight is 596 g/mol. The van der Waals surface area contributed by atoms with Crippen LogP contribution in [0.1, 0.15) is 0 Å². The van der Waals surface area contributed by atoms with Gasteiger partial charge in [-0.05, 0) is 30.3 Å². The highest BCUT2D eigenvalue weighted by atomic mass is 35.5. The largest absolute Gasteiger partial charge is 0.495 e. The number of carboxylic acid groups (broad SMARTS) is 1. The highest BCUT2D eigenvalue weighted by Crippen LogP contribution is 2.45. The lowest BCUT2D eigenvalue weighted by atomic mass is 10.1. The minimum absolute atomic E-state index is 0.0232. The lowest BCUT2D eigenvalue weighted by Crippen LogP contribution is -2.43. The number of carbonyl (C=O) groups is 1. The van der Waals surface area contributed by atoms with Crippen LogP contribution < -0.4 is 23.8 Å². The van der Waals surface area contributed by atoms with Crippen molar-refractivity contribution < 1.29 is 34.0 Å². The predicted octanol–water partition coefficient (Wildman–Crippen LogP) is 4.66. The number of aliphatic hydroxyl groups excluding tert-OH is 1. The molecule has 1 amide bonds. The van der Waals surface area contributed by atoms with E-state index < -0.39 is 12.2 Å². The van der Waals surface area contributed by atoms with Gasteiger partial charge < -0.3 is 29.2 Å². The van der Waals surface area contributed by atoms with Crippen molar-refractivity contribution in [2.45, 2.75) is 6.10 Å². The molecule has 12 nitrogen and oxygen atoms in total. The number of methoxy groups -OCH3 is 1. The van der Waals surface area contributed by atoms with Gasteiger partial charge in [0.25, 0.3) is 0 Å². The summed E-state index contributed by atoms with van der Waals surface area (Å²) < 4.78 is 23.5. The molecule has 0 radical (unpaired) electrons. The zero-order valence-corrected chi connectivity index (χ0v) is 23.1. The smallest absolute Gasteiger partial charge is 0.412 e. The van der Waals surface area contributed by atoms with Gasteiger partial charge in [0.1, 0.15) is 28.7 Å². The van der Waals surface area contributed by atoms with Crippen LogP contribution in [0.25, 0.3) is 31.7 Å². The van der Waals surface area contributed by atoms with Crippen LogP contribution in [0.2, 0.25) is 5.02 Å². The number of hydrogen-bond donors (Lipinski definition) is 2. The molecule has 0 bridgehead atoms. The predicted molar refractivity (Wildman–Crippen MR) is 152 cm³/mol. The molecule has 2 aromatic carbocycles. The van der Waals surface area contributed by atoms with Gasteiger partial charge in [-0.2, -0.15) is 0 Å². The van der Waals surface area contributed by atoms with Crippen LogP contribution in [-0.4, -0.2) is 75.8 Å². The second-order valence-electron chi connectivity index (χ2n) is 8.90. The van der Waals surface area contributed by atoms with Crippen molar-refractivity contribution in [2.24, 2.45) is 0 Å². The summed E-state index contributed by atoms with van der Waals surface area (Å²) in [6.45, 7) is -0.0644. The fourth-order valence-corrected chi connectivity index (χ4v) is 5.70. The SMILES string of the molecule is COc1cnc2c(-c3nc4ccc5c(c4s3)OC[C@@H](CN(C(=O)O)c3cnc(OCCO)nc3)O5)cc(Cl)cc2c1. The summed E-state index contributed by atoms with van der Waals surface area (Å²) in [5.41, 5.74) is 2.49. The first-order valence-corrected chi connectivity index (χ1v) is 13.6. The maximum Gasteiger partial charge on any atom is 0.412 e. The lowest BCUT2D eigenvalue weighted by Gasteiger charge is -2.30. The minimum atomic E-state index is -1.20. The van der Waals surface area contributed by atoms with Gasteiger partial charge in [0.2, 0.25) is 0 Å². The third-order valence-electron chi connectivity index (χ3n) is 6.24. The molecule has 0 fully saturated rings. The van der Waals surface area contributed by atoms with Crippen molar-refractivity contribution in [3.63, 3.8) is 0 Å². The summed E-state index contributed by atoms with van der Waals surface area (Å²) in [7, 11) is 1.58. The Morgan fingerprint density at radius 1 is 1.20 bits per heavy atom. The number of aliphatic hydroxyl groups is 1. The maximum atomic E-state index is 12.0. The number of fused-ring (bicyclic) bond motifs is 4. The van der Waals surface area contributed by atoms with Crippen molar-refractivity contribution in [3.05, 3.63) is 53.9 Å². The molecule has 1 aliphatic heterocycles. The number of thiazole rings is 1. The Hall–Kier alpha value is -4.46. The third kappa shape index (κ3) is 5.34. The first kappa shape index (κ1) is 26.7. The number of benzene rings is 2. The first-order valence-electron chi connectivity index (χ1n) is 12.4. The highest BCUT2D eigenvalue weighted by molar-refractivity contribution is 7.22. The van der Waals surface area contributed by atoms with Gasteiger partial charge in [-0.25, -0.2) is 19.7 Å². The number of nitrogens with zero attached hydrogens (tertiary/aromatic N) is 5. The van der Waals surface area contributed by atoms with Gasteiger partial charge in [-0.1, -0.05) is 11.6 Å². The van der Waals surface area contributed by atoms with Crippen LogP contribution in [0.3, 0.4) is 0 Å². The highest BCUT2D eigenvalue weighted by Gasteiger charge is 2.29. The average Bonchev–Trinajstić information content (AvgIpc) is 3.43. The van der Waals surface area contributed by atoms with E-state index in [4.69, 9.17) is 40.6 Å². The summed E-state index contributed by atoms with van der Waals surface area (Å²) in [4.78, 5) is 30.5. The van der Waals surface area contributed by atoms with Gasteiger partial charge in [0.05, 0.1) is 55.6 Å². The Morgan fingerprint density at radius 3 is 2.78 bits per heavy atom. The first-order chi connectivity index (χ1) is 19.9. The van der Waals surface area contributed by atoms with Gasteiger partial charge in [-0.15, -0.1) is 11.3 Å². The molecule has 41 heavy (non-hydrogen) atoms. The number of ether oxygens (including phenoxy) is 4. The van der Waals surface area contributed by atoms with Crippen LogP contribution in [-0.2, 0) is 0 Å². The summed E-state index contributed by atoms with van der Waals surface area (Å²) in [6.07, 6.45) is 2.52. The van der Waals surface area contributed by atoms with Crippen molar-refractivity contribution in [3.8, 4) is 33.8 Å². The van der Waals surface area contributed by atoms with Crippen molar-refractivity contribution in [1.82, 2.24) is 19.9 Å². The number of halogens is 1. The Morgan fingerprint density at radius 2 is 2.02 bits per heavy atom. The Kier molecular flexibility index (Phi) is 7.30. The van der Waals surface area contributed by atoms with E-state index in [2.05, 4.69) is 15.0 Å². The fraction of sp³-hybridized carbons (Fsp3) is 0.222. The van der Waals surface area contributed by atoms with Crippen LogP contribution >= 0.6 is 22.9 Å². The van der Waals surface area contributed by atoms with Crippen LogP contribution in [0.4, 0.5) is 10.5 Å². The third-order valence-corrected chi connectivity index (χ3v) is 7.56.